The first-order valence-corrected chi connectivity index (χ1v) is 7.85. The van der Waals surface area contributed by atoms with Gasteiger partial charge < -0.3 is 25.0 Å². The van der Waals surface area contributed by atoms with E-state index in [0.29, 0.717) is 18.6 Å². The fourth-order valence-corrected chi connectivity index (χ4v) is 2.31. The van der Waals surface area contributed by atoms with Gasteiger partial charge in [0.2, 0.25) is 11.7 Å². The van der Waals surface area contributed by atoms with Gasteiger partial charge in [-0.2, -0.15) is 4.98 Å². The molecule has 0 bridgehead atoms. The second-order valence-corrected chi connectivity index (χ2v) is 5.73. The fourth-order valence-electron chi connectivity index (χ4n) is 2.31. The summed E-state index contributed by atoms with van der Waals surface area (Å²) in [6.45, 7) is 1.65. The third kappa shape index (κ3) is 4.32. The number of fused-ring (bicyclic) bond motifs is 1. The zero-order chi connectivity index (χ0) is 17.8. The largest absolute Gasteiger partial charge is 0.485 e. The van der Waals surface area contributed by atoms with Crippen molar-refractivity contribution in [2.75, 3.05) is 11.9 Å². The van der Waals surface area contributed by atoms with Crippen molar-refractivity contribution in [1.29, 1.82) is 0 Å². The molecular formula is C16H18N4O5. The molecule has 1 atom stereocenters. The number of benzene rings is 1. The zero-order valence-corrected chi connectivity index (χ0v) is 13.6. The molecule has 0 radical (unpaired) electrons. The Bertz CT molecular complexity index is 787. The van der Waals surface area contributed by atoms with E-state index < -0.39 is 12.0 Å². The van der Waals surface area contributed by atoms with Crippen LogP contribution in [0.15, 0.2) is 22.7 Å². The number of nitrogens with one attached hydrogen (secondary N) is 2. The lowest BCUT2D eigenvalue weighted by molar-refractivity contribution is -0.116. The first-order chi connectivity index (χ1) is 12.0. The maximum atomic E-state index is 11.7. The summed E-state index contributed by atoms with van der Waals surface area (Å²) in [6.07, 6.45) is 0.520. The molecule has 132 valence electrons. The number of nitrogens with zero attached hydrogens (tertiary/aromatic N) is 2. The first-order valence-electron chi connectivity index (χ1n) is 7.85. The van der Waals surface area contributed by atoms with Crippen molar-refractivity contribution in [2.45, 2.75) is 32.5 Å². The van der Waals surface area contributed by atoms with Crippen LogP contribution in [-0.4, -0.2) is 39.7 Å². The molecule has 0 fully saturated rings. The second kappa shape index (κ2) is 7.31. The summed E-state index contributed by atoms with van der Waals surface area (Å²) in [6, 6.07) is 5.44. The van der Waals surface area contributed by atoms with Gasteiger partial charge >= 0.3 is 11.8 Å². The molecule has 0 saturated heterocycles. The highest BCUT2D eigenvalue weighted by Crippen LogP contribution is 2.27. The Balaban J connectivity index is 1.58. The van der Waals surface area contributed by atoms with Crippen molar-refractivity contribution in [3.8, 4) is 5.75 Å². The molecule has 2 amide bonds. The van der Waals surface area contributed by atoms with E-state index in [2.05, 4.69) is 20.8 Å². The van der Waals surface area contributed by atoms with Crippen molar-refractivity contribution in [2.24, 2.45) is 0 Å². The number of hydrogen-bond donors (Lipinski definition) is 3. The van der Waals surface area contributed by atoms with Crippen LogP contribution in [0.2, 0.25) is 0 Å². The minimum atomic E-state index is -0.667. The summed E-state index contributed by atoms with van der Waals surface area (Å²) in [7, 11) is 0. The SMILES string of the molecule is CC(O)CNC(=O)c1nc(COc2ccc3c(c2)NC(=O)CC3)no1. The van der Waals surface area contributed by atoms with Gasteiger partial charge in [-0.15, -0.1) is 0 Å². The van der Waals surface area contributed by atoms with Crippen molar-refractivity contribution >= 4 is 17.5 Å². The molecule has 1 aliphatic heterocycles. The lowest BCUT2D eigenvalue weighted by atomic mass is 10.0. The molecule has 9 nitrogen and oxygen atoms in total. The van der Waals surface area contributed by atoms with Gasteiger partial charge in [-0.25, -0.2) is 0 Å². The second-order valence-electron chi connectivity index (χ2n) is 5.73. The highest BCUT2D eigenvalue weighted by atomic mass is 16.5. The Morgan fingerprint density at radius 3 is 3.12 bits per heavy atom. The van der Waals surface area contributed by atoms with Crippen LogP contribution in [0.3, 0.4) is 0 Å². The summed E-state index contributed by atoms with van der Waals surface area (Å²) < 4.78 is 10.4. The third-order valence-electron chi connectivity index (χ3n) is 3.57. The van der Waals surface area contributed by atoms with Crippen LogP contribution in [0.4, 0.5) is 5.69 Å². The van der Waals surface area contributed by atoms with Crippen LogP contribution in [-0.2, 0) is 17.8 Å². The van der Waals surface area contributed by atoms with E-state index in [9.17, 15) is 9.59 Å². The van der Waals surface area contributed by atoms with E-state index in [4.69, 9.17) is 14.4 Å². The lowest BCUT2D eigenvalue weighted by Gasteiger charge is -2.17. The van der Waals surface area contributed by atoms with E-state index in [1.165, 1.54) is 0 Å². The number of rotatable bonds is 6. The van der Waals surface area contributed by atoms with Crippen molar-refractivity contribution in [3.05, 3.63) is 35.5 Å². The molecule has 0 aliphatic carbocycles. The number of ether oxygens (including phenoxy) is 1. The van der Waals surface area contributed by atoms with E-state index in [1.54, 1.807) is 19.1 Å². The molecule has 1 aromatic heterocycles. The highest BCUT2D eigenvalue weighted by Gasteiger charge is 2.17. The highest BCUT2D eigenvalue weighted by molar-refractivity contribution is 5.94. The molecular weight excluding hydrogens is 328 g/mol. The topological polar surface area (TPSA) is 127 Å². The predicted molar refractivity (Wildman–Crippen MR) is 86.0 cm³/mol. The molecule has 0 spiro atoms. The Morgan fingerprint density at radius 1 is 1.48 bits per heavy atom. The maximum absolute atomic E-state index is 11.7. The molecule has 1 unspecified atom stereocenters. The molecule has 25 heavy (non-hydrogen) atoms. The number of aliphatic hydroxyl groups is 1. The molecule has 1 aliphatic rings. The van der Waals surface area contributed by atoms with E-state index in [1.807, 2.05) is 6.07 Å². The van der Waals surface area contributed by atoms with Crippen LogP contribution in [0.5, 0.6) is 5.75 Å². The molecule has 0 saturated carbocycles. The molecule has 3 rings (SSSR count). The Kier molecular flexibility index (Phi) is 4.94. The summed E-state index contributed by atoms with van der Waals surface area (Å²) in [5, 5.41) is 18.1. The Hall–Kier alpha value is -2.94. The number of aliphatic hydroxyl groups excluding tert-OH is 1. The van der Waals surface area contributed by atoms with Gasteiger partial charge in [0, 0.05) is 24.7 Å². The monoisotopic (exact) mass is 346 g/mol. The molecule has 1 aromatic carbocycles. The number of amides is 2. The van der Waals surface area contributed by atoms with Crippen LogP contribution in [0, 0.1) is 0 Å². The number of aromatic nitrogens is 2. The average Bonchev–Trinajstić information content (AvgIpc) is 3.06. The first kappa shape index (κ1) is 16.9. The smallest absolute Gasteiger partial charge is 0.316 e. The van der Waals surface area contributed by atoms with Crippen molar-refractivity contribution in [1.82, 2.24) is 15.5 Å². The van der Waals surface area contributed by atoms with E-state index in [-0.39, 0.29) is 30.8 Å². The van der Waals surface area contributed by atoms with Crippen LogP contribution in [0.1, 0.15) is 35.4 Å². The lowest BCUT2D eigenvalue weighted by Crippen LogP contribution is -2.30. The number of hydrogen-bond acceptors (Lipinski definition) is 7. The molecule has 3 N–H and O–H groups in total. The normalized spacial score (nSPS) is 14.4. The summed E-state index contributed by atoms with van der Waals surface area (Å²) in [5.41, 5.74) is 1.80. The minimum Gasteiger partial charge on any atom is -0.485 e. The quantitative estimate of drug-likeness (QED) is 0.700. The van der Waals surface area contributed by atoms with Gasteiger partial charge in [0.25, 0.3) is 0 Å². The third-order valence-corrected chi connectivity index (χ3v) is 3.57. The minimum absolute atomic E-state index is 0.0138. The van der Waals surface area contributed by atoms with Gasteiger partial charge in [0.1, 0.15) is 5.75 Å². The number of carbonyl (C=O) groups excluding carboxylic acids is 2. The van der Waals surface area contributed by atoms with Crippen molar-refractivity contribution in [3.63, 3.8) is 0 Å². The van der Waals surface area contributed by atoms with Crippen molar-refractivity contribution < 1.29 is 24.0 Å². The van der Waals surface area contributed by atoms with E-state index in [0.717, 1.165) is 11.3 Å². The number of carbonyl (C=O) groups is 2. The van der Waals surface area contributed by atoms with Gasteiger partial charge in [0.05, 0.1) is 6.10 Å². The van der Waals surface area contributed by atoms with E-state index >= 15 is 0 Å². The summed E-state index contributed by atoms with van der Waals surface area (Å²) in [5.74, 6) is -0.0152. The number of anilines is 1. The standard InChI is InChI=1S/C16H18N4O5/c1-9(21)7-17-15(23)16-19-13(20-25-16)8-24-11-4-2-10-3-5-14(22)18-12(10)6-11/h2,4,6,9,21H,3,5,7-8H2,1H3,(H,17,23)(H,18,22). The van der Waals surface area contributed by atoms with Gasteiger partial charge in [-0.1, -0.05) is 11.2 Å². The van der Waals surface area contributed by atoms with Gasteiger partial charge in [-0.3, -0.25) is 9.59 Å². The van der Waals surface area contributed by atoms with Crippen LogP contribution < -0.4 is 15.4 Å². The number of aryl methyl sites for hydroxylation is 1. The molecule has 2 aromatic rings. The zero-order valence-electron chi connectivity index (χ0n) is 13.6. The maximum Gasteiger partial charge on any atom is 0.316 e. The summed E-state index contributed by atoms with van der Waals surface area (Å²) >= 11 is 0. The van der Waals surface area contributed by atoms with Gasteiger partial charge in [0.15, 0.2) is 6.61 Å². The fraction of sp³-hybridized carbons (Fsp3) is 0.375. The average molecular weight is 346 g/mol. The van der Waals surface area contributed by atoms with Crippen LogP contribution >= 0.6 is 0 Å². The summed E-state index contributed by atoms with van der Waals surface area (Å²) in [4.78, 5) is 27.1. The Morgan fingerprint density at radius 2 is 2.32 bits per heavy atom. The predicted octanol–water partition coefficient (Wildman–Crippen LogP) is 0.644. The Labute approximate surface area is 143 Å². The van der Waals surface area contributed by atoms with Gasteiger partial charge in [-0.05, 0) is 25.0 Å². The van der Waals surface area contributed by atoms with Crippen LogP contribution in [0.25, 0.3) is 0 Å². The molecule has 9 heteroatoms. The molecule has 2 heterocycles.